The van der Waals surface area contributed by atoms with E-state index in [0.717, 1.165) is 10.7 Å². The predicted octanol–water partition coefficient (Wildman–Crippen LogP) is 1.99. The highest BCUT2D eigenvalue weighted by Gasteiger charge is 2.08. The third kappa shape index (κ3) is 5.48. The van der Waals surface area contributed by atoms with Crippen LogP contribution in [0.4, 0.5) is 8.78 Å². The van der Waals surface area contributed by atoms with Crippen molar-refractivity contribution in [1.29, 1.82) is 0 Å². The van der Waals surface area contributed by atoms with Crippen LogP contribution in [0.25, 0.3) is 0 Å². The van der Waals surface area contributed by atoms with Gasteiger partial charge in [0.25, 0.3) is 6.43 Å². The van der Waals surface area contributed by atoms with Crippen LogP contribution < -0.4 is 5.73 Å². The molecule has 1 unspecified atom stereocenters. The molecular weight excluding hydrogens is 234 g/mol. The second-order valence-corrected chi connectivity index (χ2v) is 4.54. The number of hydrogen-bond acceptors (Lipinski definition) is 4. The maximum absolute atomic E-state index is 11.7. The Morgan fingerprint density at radius 2 is 2.31 bits per heavy atom. The first kappa shape index (κ1) is 13.5. The van der Waals surface area contributed by atoms with E-state index in [1.807, 2.05) is 12.3 Å². The van der Waals surface area contributed by atoms with Crippen molar-refractivity contribution >= 4 is 11.3 Å². The minimum atomic E-state index is -2.40. The summed E-state index contributed by atoms with van der Waals surface area (Å²) in [6, 6.07) is -0.0803. The molecule has 0 spiro atoms. The standard InChI is InChI=1S/C10H16F2N2OS/c1-7-6-16-10(14-7)4-8(13)2-3-15-5-9(11)12/h6,8-9H,2-5,13H2,1H3. The van der Waals surface area contributed by atoms with Crippen molar-refractivity contribution in [3.8, 4) is 0 Å². The Morgan fingerprint density at radius 1 is 1.56 bits per heavy atom. The number of thiazole rings is 1. The van der Waals surface area contributed by atoms with Crippen molar-refractivity contribution in [2.75, 3.05) is 13.2 Å². The van der Waals surface area contributed by atoms with Crippen molar-refractivity contribution in [3.05, 3.63) is 16.1 Å². The molecule has 0 saturated carbocycles. The van der Waals surface area contributed by atoms with Gasteiger partial charge in [-0.15, -0.1) is 11.3 Å². The lowest BCUT2D eigenvalue weighted by Gasteiger charge is -2.09. The highest BCUT2D eigenvalue weighted by molar-refractivity contribution is 7.09. The van der Waals surface area contributed by atoms with Crippen molar-refractivity contribution < 1.29 is 13.5 Å². The van der Waals surface area contributed by atoms with E-state index in [0.29, 0.717) is 12.8 Å². The molecule has 1 aromatic rings. The summed E-state index contributed by atoms with van der Waals surface area (Å²) in [7, 11) is 0. The monoisotopic (exact) mass is 250 g/mol. The summed E-state index contributed by atoms with van der Waals surface area (Å²) in [5, 5.41) is 2.95. The molecule has 16 heavy (non-hydrogen) atoms. The first-order valence-corrected chi connectivity index (χ1v) is 5.98. The van der Waals surface area contributed by atoms with E-state index in [9.17, 15) is 8.78 Å². The van der Waals surface area contributed by atoms with E-state index in [4.69, 9.17) is 10.5 Å². The van der Waals surface area contributed by atoms with Gasteiger partial charge < -0.3 is 10.5 Å². The van der Waals surface area contributed by atoms with Crippen molar-refractivity contribution in [3.63, 3.8) is 0 Å². The van der Waals surface area contributed by atoms with Crippen LogP contribution in [0.5, 0.6) is 0 Å². The van der Waals surface area contributed by atoms with Crippen molar-refractivity contribution in [2.24, 2.45) is 5.73 Å². The molecule has 0 bridgehead atoms. The molecule has 0 fully saturated rings. The molecule has 0 amide bonds. The van der Waals surface area contributed by atoms with Crippen LogP contribution in [-0.4, -0.2) is 30.7 Å². The number of nitrogens with zero attached hydrogens (tertiary/aromatic N) is 1. The Hall–Kier alpha value is -0.590. The number of aromatic nitrogens is 1. The van der Waals surface area contributed by atoms with E-state index in [2.05, 4.69) is 4.98 Å². The molecule has 3 nitrogen and oxygen atoms in total. The zero-order valence-corrected chi connectivity index (χ0v) is 9.97. The van der Waals surface area contributed by atoms with Gasteiger partial charge in [0.2, 0.25) is 0 Å². The molecule has 0 aromatic carbocycles. The molecule has 0 saturated heterocycles. The lowest BCUT2D eigenvalue weighted by Crippen LogP contribution is -2.25. The van der Waals surface area contributed by atoms with Crippen LogP contribution in [-0.2, 0) is 11.2 Å². The molecule has 0 aliphatic rings. The fraction of sp³-hybridized carbons (Fsp3) is 0.700. The summed E-state index contributed by atoms with van der Waals surface area (Å²) < 4.78 is 28.3. The Morgan fingerprint density at radius 3 is 2.88 bits per heavy atom. The number of rotatable bonds is 7. The summed E-state index contributed by atoms with van der Waals surface area (Å²) in [6.45, 7) is 1.69. The molecule has 6 heteroatoms. The van der Waals surface area contributed by atoms with Gasteiger partial charge in [-0.3, -0.25) is 0 Å². The molecule has 0 aliphatic heterocycles. The molecule has 1 atom stereocenters. The molecule has 1 aromatic heterocycles. The fourth-order valence-corrected chi connectivity index (χ4v) is 2.10. The van der Waals surface area contributed by atoms with E-state index in [1.165, 1.54) is 0 Å². The topological polar surface area (TPSA) is 48.1 Å². The Labute approximate surface area is 97.6 Å². The van der Waals surface area contributed by atoms with Crippen LogP contribution in [0.2, 0.25) is 0 Å². The van der Waals surface area contributed by atoms with E-state index in [-0.39, 0.29) is 12.6 Å². The number of halogens is 2. The zero-order chi connectivity index (χ0) is 12.0. The third-order valence-corrected chi connectivity index (χ3v) is 2.97. The molecule has 92 valence electrons. The van der Waals surface area contributed by atoms with E-state index >= 15 is 0 Å². The van der Waals surface area contributed by atoms with E-state index in [1.54, 1.807) is 11.3 Å². The zero-order valence-electron chi connectivity index (χ0n) is 9.16. The van der Waals surface area contributed by atoms with E-state index < -0.39 is 13.0 Å². The summed E-state index contributed by atoms with van der Waals surface area (Å²) in [6.07, 6.45) is -1.15. The van der Waals surface area contributed by atoms with Crippen molar-refractivity contribution in [1.82, 2.24) is 4.98 Å². The number of ether oxygens (including phenoxy) is 1. The van der Waals surface area contributed by atoms with Gasteiger partial charge in [-0.2, -0.15) is 0 Å². The summed E-state index contributed by atoms with van der Waals surface area (Å²) >= 11 is 1.57. The highest BCUT2D eigenvalue weighted by Crippen LogP contribution is 2.11. The smallest absolute Gasteiger partial charge is 0.261 e. The Kier molecular flexibility index (Phi) is 5.79. The number of aryl methyl sites for hydroxylation is 1. The number of hydrogen-bond donors (Lipinski definition) is 1. The normalized spacial score (nSPS) is 13.3. The van der Waals surface area contributed by atoms with Gasteiger partial charge in [0.15, 0.2) is 0 Å². The van der Waals surface area contributed by atoms with Crippen LogP contribution in [0, 0.1) is 6.92 Å². The average molecular weight is 250 g/mol. The van der Waals surface area contributed by atoms with Gasteiger partial charge in [-0.05, 0) is 13.3 Å². The lowest BCUT2D eigenvalue weighted by atomic mass is 10.2. The fourth-order valence-electron chi connectivity index (χ4n) is 1.23. The Balaban J connectivity index is 2.13. The van der Waals surface area contributed by atoms with Gasteiger partial charge in [0, 0.05) is 30.1 Å². The third-order valence-electron chi connectivity index (χ3n) is 1.98. The SMILES string of the molecule is Cc1csc(CC(N)CCOCC(F)F)n1. The average Bonchev–Trinajstić information content (AvgIpc) is 2.58. The number of alkyl halides is 2. The van der Waals surface area contributed by atoms with Gasteiger partial charge in [0.05, 0.1) is 5.01 Å². The van der Waals surface area contributed by atoms with Crippen LogP contribution in [0.3, 0.4) is 0 Å². The van der Waals surface area contributed by atoms with Gasteiger partial charge in [-0.25, -0.2) is 13.8 Å². The molecule has 0 aliphatic carbocycles. The van der Waals surface area contributed by atoms with Crippen LogP contribution in [0.15, 0.2) is 5.38 Å². The minimum absolute atomic E-state index is 0.0803. The summed E-state index contributed by atoms with van der Waals surface area (Å²) in [5.41, 5.74) is 6.82. The molecular formula is C10H16F2N2OS. The lowest BCUT2D eigenvalue weighted by molar-refractivity contribution is 0.0153. The maximum Gasteiger partial charge on any atom is 0.261 e. The van der Waals surface area contributed by atoms with Gasteiger partial charge in [0.1, 0.15) is 6.61 Å². The Bertz CT molecular complexity index is 307. The first-order chi connectivity index (χ1) is 7.58. The quantitative estimate of drug-likeness (QED) is 0.753. The summed E-state index contributed by atoms with van der Waals surface area (Å²) in [4.78, 5) is 4.28. The number of nitrogens with two attached hydrogens (primary N) is 1. The van der Waals surface area contributed by atoms with Crippen LogP contribution >= 0.6 is 11.3 Å². The second kappa shape index (κ2) is 6.88. The maximum atomic E-state index is 11.7. The van der Waals surface area contributed by atoms with Crippen molar-refractivity contribution in [2.45, 2.75) is 32.2 Å². The predicted molar refractivity (Wildman–Crippen MR) is 60.0 cm³/mol. The highest BCUT2D eigenvalue weighted by atomic mass is 32.1. The first-order valence-electron chi connectivity index (χ1n) is 5.10. The summed E-state index contributed by atoms with van der Waals surface area (Å²) in [5.74, 6) is 0. The second-order valence-electron chi connectivity index (χ2n) is 3.60. The molecule has 2 N–H and O–H groups in total. The van der Waals surface area contributed by atoms with Crippen LogP contribution in [0.1, 0.15) is 17.1 Å². The minimum Gasteiger partial charge on any atom is -0.375 e. The largest absolute Gasteiger partial charge is 0.375 e. The van der Waals surface area contributed by atoms with Gasteiger partial charge in [-0.1, -0.05) is 0 Å². The van der Waals surface area contributed by atoms with Gasteiger partial charge >= 0.3 is 0 Å². The molecule has 1 heterocycles. The molecule has 0 radical (unpaired) electrons. The molecule has 1 rings (SSSR count).